The molecule has 6 aliphatic heterocycles. The van der Waals surface area contributed by atoms with Crippen molar-refractivity contribution in [2.75, 3.05) is 19.6 Å². The smallest absolute Gasteiger partial charge is 0.256 e. The van der Waals surface area contributed by atoms with Crippen molar-refractivity contribution in [1.29, 1.82) is 0 Å². The van der Waals surface area contributed by atoms with Gasteiger partial charge in [-0.05, 0) is 315 Å². The van der Waals surface area contributed by atoms with Gasteiger partial charge < -0.3 is 33.8 Å². The summed E-state index contributed by atoms with van der Waals surface area (Å²) >= 11 is 0. The van der Waals surface area contributed by atoms with Gasteiger partial charge in [0, 0.05) is 139 Å². The van der Waals surface area contributed by atoms with Gasteiger partial charge in [-0.3, -0.25) is 0 Å². The Morgan fingerprint density at radius 2 is 0.510 bits per heavy atom. The Morgan fingerprint density at radius 1 is 0.221 bits per heavy atom. The van der Waals surface area contributed by atoms with Gasteiger partial charge >= 0.3 is 0 Å². The molecule has 15 aromatic rings. The van der Waals surface area contributed by atoms with Gasteiger partial charge in [0.25, 0.3) is 20.1 Å². The number of hydrogen-bond donors (Lipinski definition) is 0. The number of hydrogen-bond acceptors (Lipinski definition) is 7. The van der Waals surface area contributed by atoms with Crippen molar-refractivity contribution >= 4 is 138 Å². The third-order valence-corrected chi connectivity index (χ3v) is 28.2. The van der Waals surface area contributed by atoms with Gasteiger partial charge in [0.1, 0.15) is 34.5 Å². The maximum atomic E-state index is 8.82. The van der Waals surface area contributed by atoms with E-state index in [-0.39, 0.29) is 67.8 Å². The molecule has 738 valence electrons. The minimum atomic E-state index is -3.58. The van der Waals surface area contributed by atoms with Crippen LogP contribution >= 0.6 is 0 Å². The molecular weight excluding hydrogens is 1760 g/mol. The standard InChI is InChI=1S/C56H65BN2O.C40H48BNO.C39H38BNO/c1-52(2,3)36-16-24-41(25-17-36)58(42-26-18-37(19-27-42)53(4,5)6)44-34-48-51-50(35-44)60-49-31-23-40(56(13,14)15)33-46(49)57(51)45-32-39(55(10,11)12)22-30-47(45)59(48)43-28-20-38(21-29-43)54(7,8)9;1-37(2,3)25-13-17-29(18-14-25)42-32-19-15-26(38(4,5)6)21-30(32)41-31-22-27(39(7,8)9)16-20-34(31)43-35-24-28(40(10,11)12)23-33(42)36(35)41;1-25-13-20-35-32(21-25)40-31-24-29(39(5,6)7)16-19-33(31)41(30-17-14-28(15-18-30)38(2,3)4)34-22-27(23-36(42-35)37(34)40)26-11-9-8-10-12-26/h16-35H,1-15H3;13-24H,1-12H3;8-24H,1-7H3/i1D3,2D3,3D3,4D3,7D3,10D3,13D3,14D3;1D3,4D3,7D3,8D3,10D3,11D3;1D3,2D3,5D3,8D,9D,10D,11D,12D. The van der Waals surface area contributed by atoms with E-state index in [1.807, 2.05) is 15.9 Å². The summed E-state index contributed by atoms with van der Waals surface area (Å²) in [5.41, 5.74) is -7.57. The monoisotopic (exact) mass is 1970 g/mol. The largest absolute Gasteiger partial charge is 0.458 e. The number of rotatable bonds is 7. The highest BCUT2D eigenvalue weighted by Crippen LogP contribution is 2.52. The summed E-state index contributed by atoms with van der Waals surface area (Å²) in [5.74, 6) is 1.23. The van der Waals surface area contributed by atoms with Gasteiger partial charge in [0.15, 0.2) is 0 Å². The van der Waals surface area contributed by atoms with Crippen LogP contribution in [0.15, 0.2) is 297 Å². The van der Waals surface area contributed by atoms with E-state index in [1.165, 1.54) is 66.7 Å². The molecule has 10 heteroatoms. The van der Waals surface area contributed by atoms with Crippen molar-refractivity contribution in [2.24, 2.45) is 0 Å². The molecule has 145 heavy (non-hydrogen) atoms. The minimum Gasteiger partial charge on any atom is -0.458 e. The highest BCUT2D eigenvalue weighted by molar-refractivity contribution is 7.01. The molecule has 7 nitrogen and oxygen atoms in total. The van der Waals surface area contributed by atoms with Crippen LogP contribution in [0, 0.1) is 6.85 Å². The van der Waals surface area contributed by atoms with E-state index in [0.29, 0.717) is 156 Å². The predicted octanol–water partition coefficient (Wildman–Crippen LogP) is 32.0. The topological polar surface area (TPSA) is 40.7 Å². The summed E-state index contributed by atoms with van der Waals surface area (Å²) in [7, 11) is 0. The number of benzene rings is 15. The first-order valence-corrected chi connectivity index (χ1v) is 48.3. The fraction of sp³-hybridized carbons (Fsp3) is 0.333. The molecular formula is C135H151B3N4O3. The summed E-state index contributed by atoms with van der Waals surface area (Å²) in [6.07, 6.45) is 0. The van der Waals surface area contributed by atoms with Crippen molar-refractivity contribution in [2.45, 2.75) is 294 Å². The van der Waals surface area contributed by atoms with E-state index < -0.39 is 232 Å². The van der Waals surface area contributed by atoms with E-state index in [2.05, 4.69) is 0 Å². The summed E-state index contributed by atoms with van der Waals surface area (Å²) in [6.45, 7) is -25.0. The summed E-state index contributed by atoms with van der Waals surface area (Å²) in [6, 6.07) is 68.3. The first-order chi connectivity index (χ1) is 91.0. The van der Waals surface area contributed by atoms with Crippen molar-refractivity contribution in [3.8, 4) is 45.6 Å². The zero-order valence-corrected chi connectivity index (χ0v) is 84.1. The van der Waals surface area contributed by atoms with Crippen molar-refractivity contribution in [3.05, 3.63) is 364 Å². The van der Waals surface area contributed by atoms with Crippen molar-refractivity contribution in [1.82, 2.24) is 0 Å². The van der Waals surface area contributed by atoms with E-state index in [0.717, 1.165) is 32.9 Å². The Kier molecular flexibility index (Phi) is 13.2. The lowest BCUT2D eigenvalue weighted by Crippen LogP contribution is -2.60. The molecule has 0 spiro atoms. The Morgan fingerprint density at radius 3 is 0.883 bits per heavy atom. The first-order valence-electron chi connectivity index (χ1n) is 76.3. The highest BCUT2D eigenvalue weighted by atomic mass is 16.5. The third kappa shape index (κ3) is 19.2. The molecule has 6 heterocycles. The number of fused-ring (bicyclic) bond motifs is 12. The zero-order valence-electron chi connectivity index (χ0n) is 140. The molecule has 0 radical (unpaired) electrons. The average Bonchev–Trinajstić information content (AvgIpc) is 0.692. The SMILES string of the molecule is [2H]C([2H])([2H])C(C)(C)c1ccc(N(c2ccc(C(C([2H])([2H])[2H])(C([2H])([2H])[2H])C([2H])([2H])[2H])cc2)c2cc3c4c(c2)N(c2ccc(C(C)(C)C([2H])([2H])[2H])cc2)c2ccc(C(C)(C)C([2H])([2H])[2H])cc2B4c2cc(C(C)(C([2H])([2H])[2H])C([2H])([2H])[2H])ccc2O3)cc1.[2H]C([2H])([2H])C(C)(C)c1ccc(N2c3ccc(C(C)(C)C([2H])([2H])[2H])cc3B3c4cc(C(C)(C([2H])([2H])[2H])C([2H])([2H])[2H])ccc4Oc4cc(C(C)(C([2H])([2H])[2H])C([2H])([2H])[2H])cc2c43)cc1.[2H]c1c([2H])c([2H])c(-c2cc3c4c(c2)N(c2ccc(C(C)(C)C([2H])([2H])[2H])cc2)c2ccc(C(C)(C)C([2H])([2H])[2H])cc2B4c2cc(C([2H])([2H])[2H])ccc2O3)c([2H])c1[2H]. The molecule has 0 aromatic heterocycles. The Balaban J connectivity index is 0.000000184. The van der Waals surface area contributed by atoms with Crippen LogP contribution in [0.3, 0.4) is 0 Å². The first kappa shape index (κ1) is 53.4. The van der Waals surface area contributed by atoms with Gasteiger partial charge in [-0.1, -0.05) is 397 Å². The maximum absolute atomic E-state index is 8.82. The lowest BCUT2D eigenvalue weighted by Gasteiger charge is -2.42. The summed E-state index contributed by atoms with van der Waals surface area (Å²) in [4.78, 5) is 7.18. The molecule has 15 aromatic carbocycles. The third-order valence-electron chi connectivity index (χ3n) is 28.2. The van der Waals surface area contributed by atoms with Crippen molar-refractivity contribution < 1.29 is 91.0 Å². The Hall–Kier alpha value is -12.9. The van der Waals surface area contributed by atoms with E-state index in [4.69, 9.17) is 91.0 Å². The molecule has 0 atom stereocenters. The Bertz CT molecular complexity index is 9940. The molecule has 21 rings (SSSR count). The van der Waals surface area contributed by atoms with Gasteiger partial charge in [-0.15, -0.1) is 0 Å². The lowest BCUT2D eigenvalue weighted by molar-refractivity contribution is 0.482. The second-order valence-electron chi connectivity index (χ2n) is 43.5. The van der Waals surface area contributed by atoms with Crippen LogP contribution in [0.1, 0.15) is 371 Å². The molecule has 0 saturated carbocycles. The normalized spacial score (nSPS) is 21.2. The Labute approximate surface area is 948 Å². The number of ether oxygens (including phenoxy) is 3. The van der Waals surface area contributed by atoms with Crippen LogP contribution in [0.25, 0.3) is 11.1 Å². The van der Waals surface area contributed by atoms with Crippen LogP contribution < -0.4 is 83.0 Å². The molecule has 0 unspecified atom stereocenters. The minimum absolute atomic E-state index is 0.0377. The van der Waals surface area contributed by atoms with Crippen molar-refractivity contribution in [3.63, 3.8) is 0 Å². The molecule has 0 N–H and O–H groups in total. The van der Waals surface area contributed by atoms with Crippen LogP contribution in [-0.4, -0.2) is 20.1 Å². The van der Waals surface area contributed by atoms with Crippen LogP contribution in [0.2, 0.25) is 0 Å². The zero-order chi connectivity index (χ0) is 151. The van der Waals surface area contributed by atoms with E-state index in [9.17, 15) is 0 Å². The lowest BCUT2D eigenvalue weighted by atomic mass is 9.33. The quantitative estimate of drug-likeness (QED) is 0.147. The maximum Gasteiger partial charge on any atom is 0.256 e. The molecule has 0 amide bonds. The second kappa shape index (κ2) is 35.8. The van der Waals surface area contributed by atoms with Gasteiger partial charge in [0.05, 0.1) is 12.5 Å². The molecule has 0 fully saturated rings. The fourth-order valence-electron chi connectivity index (χ4n) is 20.2. The van der Waals surface area contributed by atoms with Gasteiger partial charge in [0.2, 0.25) is 0 Å². The number of nitrogens with zero attached hydrogens (tertiary/aromatic N) is 4. The molecule has 0 bridgehead atoms. The average molecular weight is 1970 g/mol. The number of anilines is 12. The number of aryl methyl sites for hydroxylation is 1. The van der Waals surface area contributed by atoms with Gasteiger partial charge in [-0.25, -0.2) is 0 Å². The highest BCUT2D eigenvalue weighted by Gasteiger charge is 2.49. The predicted molar refractivity (Wildman–Crippen MR) is 627 cm³/mol. The molecule has 0 saturated heterocycles. The van der Waals surface area contributed by atoms with E-state index >= 15 is 0 Å². The fourth-order valence-corrected chi connectivity index (χ4v) is 20.2. The van der Waals surface area contributed by atoms with Crippen LogP contribution in [0.5, 0.6) is 34.5 Å². The van der Waals surface area contributed by atoms with Crippen LogP contribution in [-0.2, 0) is 59.6 Å². The molecule has 0 aliphatic carbocycles. The second-order valence-corrected chi connectivity index (χ2v) is 43.5. The summed E-state index contributed by atoms with van der Waals surface area (Å²) < 4.78 is 492. The van der Waals surface area contributed by atoms with Crippen LogP contribution in [0.4, 0.5) is 68.2 Å². The van der Waals surface area contributed by atoms with E-state index in [1.54, 1.807) is 289 Å². The molecule has 6 aliphatic rings. The summed E-state index contributed by atoms with van der Waals surface area (Å²) in [5, 5.41) is 0. The van der Waals surface area contributed by atoms with Gasteiger partial charge in [-0.2, -0.15) is 0 Å².